The molecule has 0 bridgehead atoms. The van der Waals surface area contributed by atoms with E-state index in [9.17, 15) is 9.59 Å². The molecule has 2 amide bonds. The highest BCUT2D eigenvalue weighted by atomic mass is 32.1. The molecule has 5 nitrogen and oxygen atoms in total. The van der Waals surface area contributed by atoms with E-state index in [2.05, 4.69) is 29.2 Å². The SMILES string of the molecule is CC(=O)N(c1ccccc1)c1nc(C=CC(=O)N2CCC(Cc3ccccc3)CC2)cs1. The number of hydrogen-bond acceptors (Lipinski definition) is 4. The lowest BCUT2D eigenvalue weighted by atomic mass is 9.90. The molecule has 0 N–H and O–H groups in total. The normalized spacial score (nSPS) is 14.6. The number of likely N-dealkylation sites (tertiary alicyclic amines) is 1. The Balaban J connectivity index is 1.33. The zero-order valence-corrected chi connectivity index (χ0v) is 19.0. The van der Waals surface area contributed by atoms with E-state index < -0.39 is 0 Å². The van der Waals surface area contributed by atoms with Gasteiger partial charge in [-0.25, -0.2) is 4.98 Å². The summed E-state index contributed by atoms with van der Waals surface area (Å²) < 4.78 is 0. The summed E-state index contributed by atoms with van der Waals surface area (Å²) in [5.41, 5.74) is 2.82. The fourth-order valence-electron chi connectivity index (χ4n) is 4.03. The number of nitrogens with zero attached hydrogens (tertiary/aromatic N) is 3. The highest BCUT2D eigenvalue weighted by Gasteiger charge is 2.22. The van der Waals surface area contributed by atoms with E-state index in [0.29, 0.717) is 16.7 Å². The fraction of sp³-hybridized carbons (Fsp3) is 0.269. The van der Waals surface area contributed by atoms with Crippen LogP contribution in [-0.4, -0.2) is 34.8 Å². The number of carbonyl (C=O) groups excluding carboxylic acids is 2. The maximum atomic E-state index is 12.7. The van der Waals surface area contributed by atoms with Gasteiger partial charge in [-0.2, -0.15) is 0 Å². The van der Waals surface area contributed by atoms with Gasteiger partial charge in [-0.1, -0.05) is 48.5 Å². The first-order valence-corrected chi connectivity index (χ1v) is 11.8. The standard InChI is InChI=1S/C26H27N3O2S/c1-20(30)29(24-10-6-3-7-11-24)26-27-23(19-32-26)12-13-25(31)28-16-14-22(15-17-28)18-21-8-4-2-5-9-21/h2-13,19,22H,14-18H2,1H3. The number of amides is 2. The molecule has 0 unspecified atom stereocenters. The Kier molecular flexibility index (Phi) is 7.12. The van der Waals surface area contributed by atoms with Gasteiger partial charge in [0.05, 0.1) is 11.4 Å². The van der Waals surface area contributed by atoms with Crippen LogP contribution in [0.5, 0.6) is 0 Å². The number of aromatic nitrogens is 1. The molecule has 1 fully saturated rings. The number of rotatable bonds is 6. The molecule has 2 heterocycles. The Morgan fingerprint density at radius 2 is 1.72 bits per heavy atom. The van der Waals surface area contributed by atoms with Crippen LogP contribution in [0, 0.1) is 5.92 Å². The van der Waals surface area contributed by atoms with Crippen molar-refractivity contribution in [3.8, 4) is 0 Å². The lowest BCUT2D eigenvalue weighted by Gasteiger charge is -2.31. The summed E-state index contributed by atoms with van der Waals surface area (Å²) in [6.07, 6.45) is 6.47. The maximum Gasteiger partial charge on any atom is 0.246 e. The minimum absolute atomic E-state index is 0.0178. The molecule has 0 radical (unpaired) electrons. The van der Waals surface area contributed by atoms with Gasteiger partial charge in [-0.05, 0) is 49.0 Å². The van der Waals surface area contributed by atoms with Crippen molar-refractivity contribution < 1.29 is 9.59 Å². The van der Waals surface area contributed by atoms with Gasteiger partial charge in [-0.3, -0.25) is 14.5 Å². The summed E-state index contributed by atoms with van der Waals surface area (Å²) in [6, 6.07) is 20.0. The van der Waals surface area contributed by atoms with Crippen molar-refractivity contribution in [2.45, 2.75) is 26.2 Å². The molecular formula is C26H27N3O2S. The third kappa shape index (κ3) is 5.51. The number of thiazole rings is 1. The molecule has 2 aromatic carbocycles. The van der Waals surface area contributed by atoms with Gasteiger partial charge < -0.3 is 4.90 Å². The number of carbonyl (C=O) groups is 2. The van der Waals surface area contributed by atoms with Gasteiger partial charge in [0.1, 0.15) is 0 Å². The molecule has 0 atom stereocenters. The highest BCUT2D eigenvalue weighted by molar-refractivity contribution is 7.14. The number of para-hydroxylation sites is 1. The van der Waals surface area contributed by atoms with Crippen LogP contribution in [0.4, 0.5) is 10.8 Å². The first-order chi connectivity index (χ1) is 15.6. The zero-order chi connectivity index (χ0) is 22.3. The average molecular weight is 446 g/mol. The van der Waals surface area contributed by atoms with E-state index in [0.717, 1.165) is 38.0 Å². The second kappa shape index (κ2) is 10.4. The van der Waals surface area contributed by atoms with Crippen LogP contribution < -0.4 is 4.90 Å². The zero-order valence-electron chi connectivity index (χ0n) is 18.2. The first-order valence-electron chi connectivity index (χ1n) is 10.9. The summed E-state index contributed by atoms with van der Waals surface area (Å²) in [5, 5.41) is 2.46. The summed E-state index contributed by atoms with van der Waals surface area (Å²) in [7, 11) is 0. The van der Waals surface area contributed by atoms with Gasteiger partial charge in [0.15, 0.2) is 5.13 Å². The smallest absolute Gasteiger partial charge is 0.246 e. The molecule has 1 aliphatic heterocycles. The molecule has 1 aliphatic rings. The molecule has 0 spiro atoms. The van der Waals surface area contributed by atoms with E-state index >= 15 is 0 Å². The Hall–Kier alpha value is -3.25. The van der Waals surface area contributed by atoms with E-state index in [1.165, 1.54) is 23.8 Å². The van der Waals surface area contributed by atoms with Crippen LogP contribution in [0.25, 0.3) is 6.08 Å². The third-order valence-corrected chi connectivity index (χ3v) is 6.56. The maximum absolute atomic E-state index is 12.7. The molecule has 164 valence electrons. The molecule has 0 aliphatic carbocycles. The lowest BCUT2D eigenvalue weighted by Crippen LogP contribution is -2.37. The van der Waals surface area contributed by atoms with Crippen LogP contribution in [0.15, 0.2) is 72.1 Å². The van der Waals surface area contributed by atoms with Crippen molar-refractivity contribution in [2.24, 2.45) is 5.92 Å². The number of anilines is 2. The predicted molar refractivity (Wildman–Crippen MR) is 130 cm³/mol. The largest absolute Gasteiger partial charge is 0.339 e. The molecular weight excluding hydrogens is 418 g/mol. The minimum Gasteiger partial charge on any atom is -0.339 e. The van der Waals surface area contributed by atoms with E-state index in [1.54, 1.807) is 17.1 Å². The van der Waals surface area contributed by atoms with Crippen molar-refractivity contribution in [3.63, 3.8) is 0 Å². The van der Waals surface area contributed by atoms with Crippen molar-refractivity contribution in [2.75, 3.05) is 18.0 Å². The van der Waals surface area contributed by atoms with Gasteiger partial charge in [-0.15, -0.1) is 11.3 Å². The van der Waals surface area contributed by atoms with Crippen LogP contribution in [0.1, 0.15) is 31.0 Å². The van der Waals surface area contributed by atoms with Gasteiger partial charge >= 0.3 is 0 Å². The Bertz CT molecular complexity index is 1070. The average Bonchev–Trinajstić information content (AvgIpc) is 3.27. The third-order valence-electron chi connectivity index (χ3n) is 5.72. The van der Waals surface area contributed by atoms with Crippen molar-refractivity contribution in [1.82, 2.24) is 9.88 Å². The van der Waals surface area contributed by atoms with Gasteiger partial charge in [0, 0.05) is 31.5 Å². The summed E-state index contributed by atoms with van der Waals surface area (Å²) >= 11 is 1.39. The van der Waals surface area contributed by atoms with E-state index in [4.69, 9.17) is 0 Å². The second-order valence-corrected chi connectivity index (χ2v) is 8.87. The first kappa shape index (κ1) is 22.0. The topological polar surface area (TPSA) is 53.5 Å². The summed E-state index contributed by atoms with van der Waals surface area (Å²) in [4.78, 5) is 32.9. The van der Waals surface area contributed by atoms with Crippen LogP contribution in [-0.2, 0) is 16.0 Å². The molecule has 1 saturated heterocycles. The molecule has 32 heavy (non-hydrogen) atoms. The minimum atomic E-state index is -0.101. The Morgan fingerprint density at radius 3 is 2.38 bits per heavy atom. The number of benzene rings is 2. The van der Waals surface area contributed by atoms with E-state index in [-0.39, 0.29) is 11.8 Å². The molecule has 1 aromatic heterocycles. The lowest BCUT2D eigenvalue weighted by molar-refractivity contribution is -0.127. The molecule has 4 rings (SSSR count). The van der Waals surface area contributed by atoms with Crippen molar-refractivity contribution in [1.29, 1.82) is 0 Å². The van der Waals surface area contributed by atoms with Gasteiger partial charge in [0.25, 0.3) is 0 Å². The monoisotopic (exact) mass is 445 g/mol. The van der Waals surface area contributed by atoms with Crippen LogP contribution >= 0.6 is 11.3 Å². The predicted octanol–water partition coefficient (Wildman–Crippen LogP) is 5.32. The second-order valence-electron chi connectivity index (χ2n) is 8.04. The fourth-order valence-corrected chi connectivity index (χ4v) is 4.88. The van der Waals surface area contributed by atoms with Crippen LogP contribution in [0.2, 0.25) is 0 Å². The van der Waals surface area contributed by atoms with Crippen molar-refractivity contribution >= 4 is 40.0 Å². The number of piperidine rings is 1. The molecule has 3 aromatic rings. The summed E-state index contributed by atoms with van der Waals surface area (Å²) in [6.45, 7) is 3.10. The molecule has 0 saturated carbocycles. The quantitative estimate of drug-likeness (QED) is 0.483. The molecule has 6 heteroatoms. The number of hydrogen-bond donors (Lipinski definition) is 0. The van der Waals surface area contributed by atoms with Crippen molar-refractivity contribution in [3.05, 3.63) is 83.4 Å². The Morgan fingerprint density at radius 1 is 1.06 bits per heavy atom. The van der Waals surface area contributed by atoms with Crippen LogP contribution in [0.3, 0.4) is 0 Å². The van der Waals surface area contributed by atoms with E-state index in [1.807, 2.05) is 46.7 Å². The highest BCUT2D eigenvalue weighted by Crippen LogP contribution is 2.29. The van der Waals surface area contributed by atoms with Gasteiger partial charge in [0.2, 0.25) is 11.8 Å². The summed E-state index contributed by atoms with van der Waals surface area (Å²) in [5.74, 6) is 0.543. The Labute approximate surface area is 193 Å².